The molecule has 0 spiro atoms. The van der Waals surface area contributed by atoms with Crippen LogP contribution in [0.5, 0.6) is 0 Å². The Morgan fingerprint density at radius 1 is 1.43 bits per heavy atom. The van der Waals surface area contributed by atoms with Crippen LogP contribution >= 0.6 is 0 Å². The van der Waals surface area contributed by atoms with Crippen LogP contribution < -0.4 is 11.1 Å². The molecule has 2 N–H and O–H groups in total. The minimum Gasteiger partial charge on any atom is -0.444 e. The lowest BCUT2D eigenvalue weighted by atomic mass is 10.1. The SMILES string of the molecule is C[C@H](Cc1cccc2[nH]c(=O)oc12)NC(=O)OC(C)(C)C. The molecular formula is C15H20N2O4. The third-order valence-corrected chi connectivity index (χ3v) is 2.82. The normalized spacial score (nSPS) is 13.1. The molecule has 0 bridgehead atoms. The molecule has 1 heterocycles. The number of carbonyl (C=O) groups excluding carboxylic acids is 1. The van der Waals surface area contributed by atoms with Gasteiger partial charge in [0.05, 0.1) is 5.52 Å². The van der Waals surface area contributed by atoms with Gasteiger partial charge < -0.3 is 14.5 Å². The Morgan fingerprint density at radius 2 is 2.14 bits per heavy atom. The molecule has 0 saturated carbocycles. The zero-order valence-electron chi connectivity index (χ0n) is 12.6. The van der Waals surface area contributed by atoms with Crippen LogP contribution in [0.4, 0.5) is 4.79 Å². The average Bonchev–Trinajstić information content (AvgIpc) is 2.67. The quantitative estimate of drug-likeness (QED) is 0.910. The van der Waals surface area contributed by atoms with Crippen molar-refractivity contribution >= 4 is 17.2 Å². The van der Waals surface area contributed by atoms with Crippen molar-refractivity contribution in [3.05, 3.63) is 34.3 Å². The summed E-state index contributed by atoms with van der Waals surface area (Å²) in [5.74, 6) is -0.481. The second-order valence-electron chi connectivity index (χ2n) is 6.06. The number of aromatic nitrogens is 1. The van der Waals surface area contributed by atoms with E-state index in [2.05, 4.69) is 10.3 Å². The van der Waals surface area contributed by atoms with E-state index >= 15 is 0 Å². The number of aromatic amines is 1. The molecular weight excluding hydrogens is 272 g/mol. The topological polar surface area (TPSA) is 84.3 Å². The van der Waals surface area contributed by atoms with Crippen molar-refractivity contribution in [2.24, 2.45) is 0 Å². The van der Waals surface area contributed by atoms with Crippen molar-refractivity contribution in [3.63, 3.8) is 0 Å². The van der Waals surface area contributed by atoms with E-state index in [9.17, 15) is 9.59 Å². The molecule has 0 saturated heterocycles. The van der Waals surface area contributed by atoms with E-state index in [1.807, 2.05) is 39.8 Å². The molecule has 1 atom stereocenters. The molecule has 0 unspecified atom stereocenters. The number of nitrogens with one attached hydrogen (secondary N) is 2. The summed E-state index contributed by atoms with van der Waals surface area (Å²) in [5, 5.41) is 2.77. The molecule has 0 fully saturated rings. The van der Waals surface area contributed by atoms with Crippen molar-refractivity contribution in [1.29, 1.82) is 0 Å². The van der Waals surface area contributed by atoms with Gasteiger partial charge in [-0.05, 0) is 45.7 Å². The summed E-state index contributed by atoms with van der Waals surface area (Å²) >= 11 is 0. The summed E-state index contributed by atoms with van der Waals surface area (Å²) in [4.78, 5) is 25.6. The lowest BCUT2D eigenvalue weighted by Gasteiger charge is -2.22. The van der Waals surface area contributed by atoms with Crippen molar-refractivity contribution in [2.45, 2.75) is 45.8 Å². The molecule has 0 radical (unpaired) electrons. The van der Waals surface area contributed by atoms with Crippen molar-refractivity contribution in [1.82, 2.24) is 10.3 Å². The molecule has 114 valence electrons. The summed E-state index contributed by atoms with van der Waals surface area (Å²) in [6.07, 6.45) is 0.0786. The van der Waals surface area contributed by atoms with E-state index in [0.717, 1.165) is 5.56 Å². The van der Waals surface area contributed by atoms with Gasteiger partial charge in [0, 0.05) is 6.04 Å². The number of hydrogen-bond donors (Lipinski definition) is 2. The van der Waals surface area contributed by atoms with Gasteiger partial charge >= 0.3 is 11.8 Å². The monoisotopic (exact) mass is 292 g/mol. The number of alkyl carbamates (subject to hydrolysis) is 1. The highest BCUT2D eigenvalue weighted by molar-refractivity contribution is 5.76. The second kappa shape index (κ2) is 5.63. The van der Waals surface area contributed by atoms with Crippen molar-refractivity contribution in [3.8, 4) is 0 Å². The standard InChI is InChI=1S/C15H20N2O4/c1-9(16-14(19)21-15(2,3)4)8-10-6-5-7-11-12(10)20-13(18)17-11/h5-7,9H,8H2,1-4H3,(H,16,19)(H,17,18)/t9-/m1/s1. The molecule has 0 aliphatic heterocycles. The Bertz CT molecular complexity index is 693. The molecule has 1 aromatic heterocycles. The molecule has 21 heavy (non-hydrogen) atoms. The molecule has 1 amide bonds. The highest BCUT2D eigenvalue weighted by Crippen LogP contribution is 2.17. The van der Waals surface area contributed by atoms with E-state index in [0.29, 0.717) is 17.5 Å². The highest BCUT2D eigenvalue weighted by Gasteiger charge is 2.18. The number of oxazole rings is 1. The zero-order valence-corrected chi connectivity index (χ0v) is 12.6. The van der Waals surface area contributed by atoms with Gasteiger partial charge in [-0.2, -0.15) is 0 Å². The molecule has 0 aliphatic rings. The van der Waals surface area contributed by atoms with E-state index in [1.165, 1.54) is 0 Å². The maximum absolute atomic E-state index is 11.7. The maximum atomic E-state index is 11.7. The fourth-order valence-corrected chi connectivity index (χ4v) is 2.08. The Kier molecular flexibility index (Phi) is 4.06. The summed E-state index contributed by atoms with van der Waals surface area (Å²) in [7, 11) is 0. The van der Waals surface area contributed by atoms with E-state index < -0.39 is 17.5 Å². The van der Waals surface area contributed by atoms with Crippen LogP contribution in [0.1, 0.15) is 33.3 Å². The minimum absolute atomic E-state index is 0.148. The molecule has 6 heteroatoms. The second-order valence-corrected chi connectivity index (χ2v) is 6.06. The molecule has 1 aromatic carbocycles. The van der Waals surface area contributed by atoms with Gasteiger partial charge in [-0.25, -0.2) is 9.59 Å². The van der Waals surface area contributed by atoms with Crippen molar-refractivity contribution in [2.75, 3.05) is 0 Å². The zero-order chi connectivity index (χ0) is 15.6. The number of H-pyrrole nitrogens is 1. The number of rotatable bonds is 3. The number of benzene rings is 1. The average molecular weight is 292 g/mol. The first-order valence-electron chi connectivity index (χ1n) is 6.85. The first kappa shape index (κ1) is 15.2. The van der Waals surface area contributed by atoms with Gasteiger partial charge in [0.1, 0.15) is 5.60 Å². The summed E-state index contributed by atoms with van der Waals surface area (Å²) in [5.41, 5.74) is 1.51. The van der Waals surface area contributed by atoms with Crippen molar-refractivity contribution < 1.29 is 13.9 Å². The summed E-state index contributed by atoms with van der Waals surface area (Å²) < 4.78 is 10.3. The van der Waals surface area contributed by atoms with Gasteiger partial charge in [-0.3, -0.25) is 4.98 Å². The fourth-order valence-electron chi connectivity index (χ4n) is 2.08. The first-order valence-corrected chi connectivity index (χ1v) is 6.85. The Balaban J connectivity index is 2.06. The van der Waals surface area contributed by atoms with Crippen LogP contribution in [-0.2, 0) is 11.2 Å². The van der Waals surface area contributed by atoms with Gasteiger partial charge in [-0.1, -0.05) is 12.1 Å². The molecule has 2 aromatic rings. The summed E-state index contributed by atoms with van der Waals surface area (Å²) in [6, 6.07) is 5.33. The fraction of sp³-hybridized carbons (Fsp3) is 0.467. The molecule has 6 nitrogen and oxygen atoms in total. The predicted octanol–water partition coefficient (Wildman–Crippen LogP) is 2.58. The number of hydrogen-bond acceptors (Lipinski definition) is 4. The lowest BCUT2D eigenvalue weighted by molar-refractivity contribution is 0.0508. The van der Waals surface area contributed by atoms with Crippen LogP contribution in [-0.4, -0.2) is 22.7 Å². The van der Waals surface area contributed by atoms with Crippen LogP contribution in [0.25, 0.3) is 11.1 Å². The van der Waals surface area contributed by atoms with Gasteiger partial charge in [-0.15, -0.1) is 0 Å². The van der Waals surface area contributed by atoms with Crippen LogP contribution in [0.15, 0.2) is 27.4 Å². The largest absolute Gasteiger partial charge is 0.444 e. The predicted molar refractivity (Wildman–Crippen MR) is 79.4 cm³/mol. The minimum atomic E-state index is -0.531. The van der Waals surface area contributed by atoms with E-state index in [-0.39, 0.29) is 6.04 Å². The van der Waals surface area contributed by atoms with E-state index in [4.69, 9.17) is 9.15 Å². The number of amides is 1. The highest BCUT2D eigenvalue weighted by atomic mass is 16.6. The van der Waals surface area contributed by atoms with Crippen LogP contribution in [0.3, 0.4) is 0 Å². The summed E-state index contributed by atoms with van der Waals surface area (Å²) in [6.45, 7) is 7.30. The Morgan fingerprint density at radius 3 is 2.81 bits per heavy atom. The lowest BCUT2D eigenvalue weighted by Crippen LogP contribution is -2.38. The number of ether oxygens (including phenoxy) is 1. The Labute approximate surface area is 122 Å². The molecule has 0 aliphatic carbocycles. The van der Waals surface area contributed by atoms with Gasteiger partial charge in [0.25, 0.3) is 0 Å². The van der Waals surface area contributed by atoms with Crippen LogP contribution in [0.2, 0.25) is 0 Å². The first-order chi connectivity index (χ1) is 9.74. The third-order valence-electron chi connectivity index (χ3n) is 2.82. The third kappa shape index (κ3) is 4.11. The van der Waals surface area contributed by atoms with Gasteiger partial charge in [0.2, 0.25) is 0 Å². The maximum Gasteiger partial charge on any atom is 0.417 e. The number of carbonyl (C=O) groups is 1. The van der Waals surface area contributed by atoms with E-state index in [1.54, 1.807) is 6.07 Å². The van der Waals surface area contributed by atoms with Crippen LogP contribution in [0, 0.1) is 0 Å². The number of para-hydroxylation sites is 1. The Hall–Kier alpha value is -2.24. The molecule has 2 rings (SSSR count). The number of fused-ring (bicyclic) bond motifs is 1. The smallest absolute Gasteiger partial charge is 0.417 e. The van der Waals surface area contributed by atoms with Gasteiger partial charge in [0.15, 0.2) is 5.58 Å².